The van der Waals surface area contributed by atoms with Gasteiger partial charge in [-0.2, -0.15) is 0 Å². The predicted octanol–water partition coefficient (Wildman–Crippen LogP) is 4.89. The van der Waals surface area contributed by atoms with E-state index < -0.39 is 11.8 Å². The number of thiocarbonyl (C=S) groups is 1. The maximum atomic E-state index is 13.2. The summed E-state index contributed by atoms with van der Waals surface area (Å²) in [4.78, 5) is 31.2. The predicted molar refractivity (Wildman–Crippen MR) is 122 cm³/mol. The molecule has 0 unspecified atom stereocenters. The summed E-state index contributed by atoms with van der Waals surface area (Å²) in [6.07, 6.45) is 4.69. The third-order valence-electron chi connectivity index (χ3n) is 4.50. The molecule has 0 aliphatic carbocycles. The number of hydrogen-bond acceptors (Lipinski definition) is 4. The second-order valence-corrected chi connectivity index (χ2v) is 7.61. The Hall–Kier alpha value is -3.06. The van der Waals surface area contributed by atoms with Crippen molar-refractivity contribution in [2.24, 2.45) is 0 Å². The van der Waals surface area contributed by atoms with Crippen LogP contribution in [0.15, 0.2) is 72.6 Å². The maximum Gasteiger partial charge on any atom is 0.270 e. The van der Waals surface area contributed by atoms with Gasteiger partial charge < -0.3 is 0 Å². The van der Waals surface area contributed by atoms with Crippen molar-refractivity contribution < 1.29 is 9.59 Å². The zero-order valence-electron chi connectivity index (χ0n) is 15.3. The van der Waals surface area contributed by atoms with Gasteiger partial charge in [0, 0.05) is 33.6 Å². The van der Waals surface area contributed by atoms with Gasteiger partial charge in [0.15, 0.2) is 5.11 Å². The molecule has 1 N–H and O–H groups in total. The van der Waals surface area contributed by atoms with Crippen LogP contribution in [0.5, 0.6) is 0 Å². The third kappa shape index (κ3) is 3.85. The molecule has 0 atom stereocenters. The normalized spacial score (nSPS) is 15.5. The fourth-order valence-corrected chi connectivity index (χ4v) is 3.73. The van der Waals surface area contributed by atoms with Crippen LogP contribution in [0.3, 0.4) is 0 Å². The average Bonchev–Trinajstić information content (AvgIpc) is 2.73. The zero-order chi connectivity index (χ0) is 21.3. The molecule has 8 heteroatoms. The van der Waals surface area contributed by atoms with E-state index in [-0.39, 0.29) is 10.7 Å². The highest BCUT2D eigenvalue weighted by atomic mass is 35.5. The number of carbonyl (C=O) groups is 2. The van der Waals surface area contributed by atoms with Gasteiger partial charge in [-0.1, -0.05) is 41.4 Å². The lowest BCUT2D eigenvalue weighted by atomic mass is 9.99. The number of hydrogen-bond donors (Lipinski definition) is 1. The van der Waals surface area contributed by atoms with Crippen LogP contribution >= 0.6 is 35.4 Å². The number of rotatable bonds is 3. The summed E-state index contributed by atoms with van der Waals surface area (Å²) in [5, 5.41) is 3.64. The fourth-order valence-electron chi connectivity index (χ4n) is 3.08. The Bertz CT molecular complexity index is 1210. The minimum Gasteiger partial charge on any atom is -0.298 e. The highest BCUT2D eigenvalue weighted by Gasteiger charge is 2.34. The summed E-state index contributed by atoms with van der Waals surface area (Å²) in [5.41, 5.74) is 2.52. The van der Waals surface area contributed by atoms with E-state index in [4.69, 9.17) is 35.4 Å². The molecule has 4 rings (SSSR count). The van der Waals surface area contributed by atoms with Gasteiger partial charge in [-0.05, 0) is 60.3 Å². The third-order valence-corrected chi connectivity index (χ3v) is 5.37. The molecule has 3 aromatic rings. The Balaban J connectivity index is 1.79. The first-order valence-corrected chi connectivity index (χ1v) is 9.98. The van der Waals surface area contributed by atoms with E-state index in [1.54, 1.807) is 48.8 Å². The van der Waals surface area contributed by atoms with E-state index in [1.165, 1.54) is 11.0 Å². The molecular formula is C22H13Cl2N3O2S. The number of pyridine rings is 1. The number of nitrogens with one attached hydrogen (secondary N) is 1. The molecule has 0 bridgehead atoms. The summed E-state index contributed by atoms with van der Waals surface area (Å²) in [6.45, 7) is 0. The van der Waals surface area contributed by atoms with Crippen molar-refractivity contribution in [3.8, 4) is 11.1 Å². The molecule has 1 aliphatic heterocycles. The van der Waals surface area contributed by atoms with E-state index in [9.17, 15) is 9.59 Å². The zero-order valence-corrected chi connectivity index (χ0v) is 17.6. The molecule has 2 aromatic carbocycles. The SMILES string of the molecule is O=C1NC(=S)N(c2ccc(Cl)cc2)C(=O)C1=Cc1cnccc1-c1ccccc1Cl. The number of carbonyl (C=O) groups excluding carboxylic acids is 2. The minimum atomic E-state index is -0.579. The lowest BCUT2D eigenvalue weighted by molar-refractivity contribution is -0.122. The monoisotopic (exact) mass is 453 g/mol. The van der Waals surface area contributed by atoms with Crippen LogP contribution in [0.2, 0.25) is 10.0 Å². The molecule has 0 spiro atoms. The first kappa shape index (κ1) is 20.2. The summed E-state index contributed by atoms with van der Waals surface area (Å²) in [5.74, 6) is -1.12. The number of anilines is 1. The molecule has 0 radical (unpaired) electrons. The minimum absolute atomic E-state index is 0.00184. The van der Waals surface area contributed by atoms with Crippen LogP contribution in [0.25, 0.3) is 17.2 Å². The second kappa shape index (κ2) is 8.36. The van der Waals surface area contributed by atoms with Crippen LogP contribution in [-0.4, -0.2) is 21.9 Å². The molecule has 1 aromatic heterocycles. The number of amides is 2. The van der Waals surface area contributed by atoms with E-state index >= 15 is 0 Å². The van der Waals surface area contributed by atoms with Crippen molar-refractivity contribution in [1.82, 2.24) is 10.3 Å². The summed E-state index contributed by atoms with van der Waals surface area (Å²) in [6, 6.07) is 15.7. The molecular weight excluding hydrogens is 441 g/mol. The molecule has 30 heavy (non-hydrogen) atoms. The maximum absolute atomic E-state index is 13.2. The number of halogens is 2. The van der Waals surface area contributed by atoms with Gasteiger partial charge in [0.1, 0.15) is 5.57 Å². The lowest BCUT2D eigenvalue weighted by Gasteiger charge is -2.29. The van der Waals surface area contributed by atoms with Crippen LogP contribution < -0.4 is 10.2 Å². The first-order chi connectivity index (χ1) is 14.5. The highest BCUT2D eigenvalue weighted by Crippen LogP contribution is 2.32. The lowest BCUT2D eigenvalue weighted by Crippen LogP contribution is -2.54. The Labute approximate surface area is 187 Å². The van der Waals surface area contributed by atoms with Gasteiger partial charge in [-0.15, -0.1) is 0 Å². The largest absolute Gasteiger partial charge is 0.298 e. The van der Waals surface area contributed by atoms with Crippen LogP contribution in [-0.2, 0) is 9.59 Å². The van der Waals surface area contributed by atoms with E-state index in [2.05, 4.69) is 10.3 Å². The molecule has 1 saturated heterocycles. The number of aromatic nitrogens is 1. The highest BCUT2D eigenvalue weighted by molar-refractivity contribution is 7.80. The Morgan fingerprint density at radius 2 is 1.70 bits per heavy atom. The Kier molecular flexibility index (Phi) is 5.63. The van der Waals surface area contributed by atoms with Crippen LogP contribution in [0.1, 0.15) is 5.56 Å². The summed E-state index contributed by atoms with van der Waals surface area (Å²) >= 11 is 17.5. The van der Waals surface area contributed by atoms with Crippen molar-refractivity contribution in [3.05, 3.63) is 88.2 Å². The van der Waals surface area contributed by atoms with Crippen molar-refractivity contribution in [2.75, 3.05) is 4.90 Å². The fraction of sp³-hybridized carbons (Fsp3) is 0. The molecule has 148 valence electrons. The summed E-state index contributed by atoms with van der Waals surface area (Å²) in [7, 11) is 0. The quantitative estimate of drug-likeness (QED) is 0.348. The van der Waals surface area contributed by atoms with Gasteiger partial charge >= 0.3 is 0 Å². The topological polar surface area (TPSA) is 62.3 Å². The van der Waals surface area contributed by atoms with Crippen molar-refractivity contribution in [3.63, 3.8) is 0 Å². The Morgan fingerprint density at radius 1 is 0.967 bits per heavy atom. The van der Waals surface area contributed by atoms with E-state index in [1.807, 2.05) is 18.2 Å². The smallest absolute Gasteiger partial charge is 0.270 e. The first-order valence-electron chi connectivity index (χ1n) is 8.81. The molecule has 1 aliphatic rings. The number of nitrogens with zero attached hydrogens (tertiary/aromatic N) is 2. The molecule has 2 heterocycles. The molecule has 5 nitrogen and oxygen atoms in total. The van der Waals surface area contributed by atoms with Gasteiger partial charge in [0.25, 0.3) is 11.8 Å². The van der Waals surface area contributed by atoms with E-state index in [0.717, 1.165) is 11.1 Å². The van der Waals surface area contributed by atoms with Gasteiger partial charge in [0.05, 0.1) is 5.69 Å². The molecule has 2 amide bonds. The number of benzene rings is 2. The molecule has 0 saturated carbocycles. The van der Waals surface area contributed by atoms with Crippen LogP contribution in [0.4, 0.5) is 5.69 Å². The van der Waals surface area contributed by atoms with Crippen molar-refractivity contribution in [1.29, 1.82) is 0 Å². The van der Waals surface area contributed by atoms with Crippen molar-refractivity contribution in [2.45, 2.75) is 0 Å². The Morgan fingerprint density at radius 3 is 2.43 bits per heavy atom. The van der Waals surface area contributed by atoms with Gasteiger partial charge in [-0.25, -0.2) is 0 Å². The average molecular weight is 454 g/mol. The summed E-state index contributed by atoms with van der Waals surface area (Å²) < 4.78 is 0. The molecule has 1 fully saturated rings. The van der Waals surface area contributed by atoms with Crippen molar-refractivity contribution >= 4 is 64.1 Å². The van der Waals surface area contributed by atoms with E-state index in [0.29, 0.717) is 21.3 Å². The van der Waals surface area contributed by atoms with Crippen LogP contribution in [0, 0.1) is 0 Å². The second-order valence-electron chi connectivity index (χ2n) is 6.38. The van der Waals surface area contributed by atoms with Gasteiger partial charge in [0.2, 0.25) is 0 Å². The standard InChI is InChI=1S/C22H13Cl2N3O2S/c23-14-5-7-15(8-6-14)27-21(29)18(20(28)26-22(27)30)11-13-12-25-10-9-16(13)17-3-1-2-4-19(17)24/h1-12H,(H,26,28,30). The van der Waals surface area contributed by atoms with Gasteiger partial charge in [-0.3, -0.25) is 24.8 Å².